The third-order valence-electron chi connectivity index (χ3n) is 6.93. The van der Waals surface area contributed by atoms with Gasteiger partial charge in [0, 0.05) is 25.2 Å². The zero-order valence-corrected chi connectivity index (χ0v) is 24.7. The quantitative estimate of drug-likeness (QED) is 0.152. The summed E-state index contributed by atoms with van der Waals surface area (Å²) in [5.74, 6) is -1.43. The Bertz CT molecular complexity index is 1300. The van der Waals surface area contributed by atoms with Gasteiger partial charge in [-0.1, -0.05) is 36.4 Å². The average molecular weight is 625 g/mol. The molecule has 0 saturated heterocycles. The number of halogens is 6. The molecule has 0 bridgehead atoms. The Labute approximate surface area is 252 Å². The Balaban J connectivity index is 1.59. The molecule has 0 N–H and O–H groups in total. The van der Waals surface area contributed by atoms with Crippen molar-refractivity contribution in [3.8, 4) is 0 Å². The predicted molar refractivity (Wildman–Crippen MR) is 151 cm³/mol. The lowest BCUT2D eigenvalue weighted by Crippen LogP contribution is -2.37. The minimum atomic E-state index is -4.46. The number of rotatable bonds is 12. The molecule has 0 saturated carbocycles. The Hall–Kier alpha value is -3.90. The second-order valence-corrected chi connectivity index (χ2v) is 10.3. The van der Waals surface area contributed by atoms with Gasteiger partial charge in [0.05, 0.1) is 22.3 Å². The van der Waals surface area contributed by atoms with Crippen molar-refractivity contribution in [1.82, 2.24) is 10.1 Å². The molecule has 0 spiro atoms. The van der Waals surface area contributed by atoms with Crippen LogP contribution in [-0.4, -0.2) is 47.2 Å². The van der Waals surface area contributed by atoms with Crippen molar-refractivity contribution in [2.75, 3.05) is 13.1 Å². The summed E-state index contributed by atoms with van der Waals surface area (Å²) in [6.07, 6.45) is -8.52. The van der Waals surface area contributed by atoms with Crippen molar-refractivity contribution in [3.63, 3.8) is 0 Å². The fourth-order valence-corrected chi connectivity index (χ4v) is 4.63. The maximum Gasteiger partial charge on any atom is 0.416 e. The van der Waals surface area contributed by atoms with Gasteiger partial charge >= 0.3 is 24.3 Å². The third kappa shape index (κ3) is 9.55. The molecular weight excluding hydrogens is 590 g/mol. The number of carbonyl (C=O) groups excluding carboxylic acids is 2. The smallest absolute Gasteiger partial charge is 0.364 e. The van der Waals surface area contributed by atoms with Crippen LogP contribution < -0.4 is 0 Å². The highest BCUT2D eigenvalue weighted by atomic mass is 19.4. The summed E-state index contributed by atoms with van der Waals surface area (Å²) < 4.78 is 78.4. The summed E-state index contributed by atoms with van der Waals surface area (Å²) in [6, 6.07) is 14.6. The summed E-state index contributed by atoms with van der Waals surface area (Å²) in [5.41, 5.74) is -0.362. The molecule has 3 aromatic rings. The number of alkyl halides is 6. The first-order chi connectivity index (χ1) is 20.6. The summed E-state index contributed by atoms with van der Waals surface area (Å²) >= 11 is 0. The van der Waals surface area contributed by atoms with Crippen LogP contribution in [0.1, 0.15) is 70.7 Å². The van der Waals surface area contributed by atoms with Gasteiger partial charge in [-0.3, -0.25) is 0 Å². The Morgan fingerprint density at radius 2 is 0.977 bits per heavy atom. The minimum Gasteiger partial charge on any atom is -0.364 e. The van der Waals surface area contributed by atoms with E-state index in [-0.39, 0.29) is 37.1 Å². The molecule has 2 unspecified atom stereocenters. The van der Waals surface area contributed by atoms with Gasteiger partial charge in [-0.25, -0.2) is 9.59 Å². The summed E-state index contributed by atoms with van der Waals surface area (Å²) in [6.45, 7) is 7.49. The van der Waals surface area contributed by atoms with Crippen LogP contribution in [0.15, 0.2) is 72.8 Å². The van der Waals surface area contributed by atoms with E-state index >= 15 is 0 Å². The average Bonchev–Trinajstić information content (AvgIpc) is 2.97. The maximum atomic E-state index is 13.1. The Morgan fingerprint density at radius 1 is 0.636 bits per heavy atom. The molecule has 0 heterocycles. The topological polar surface area (TPSA) is 59.1 Å². The molecule has 0 aliphatic carbocycles. The molecule has 0 radical (unpaired) electrons. The first kappa shape index (κ1) is 34.6. The standard InChI is InChI=1S/C32H34F6N2O4/c1-5-39(21(3)17-23-9-7-11-27(19-23)31(33,34)35)43-29(41)25-13-15-26(16-14-25)30(42)44-40(6-2)22(4)18-24-10-8-12-28(20-24)32(36,37)38/h7-16,19-22H,5-6,17-18H2,1-4H3. The van der Waals surface area contributed by atoms with E-state index in [1.54, 1.807) is 39.8 Å². The number of hydrogen-bond acceptors (Lipinski definition) is 6. The molecule has 2 atom stereocenters. The number of hydroxylamine groups is 4. The molecule has 238 valence electrons. The SMILES string of the molecule is CCN(OC(=O)c1ccc(C(=O)ON(CC)C(C)Cc2cccc(C(F)(F)F)c2)cc1)C(C)Cc1cccc(C(F)(F)F)c1. The van der Waals surface area contributed by atoms with Gasteiger partial charge in [0.1, 0.15) is 0 Å². The molecular formula is C32H34F6N2O4. The Kier molecular flexibility index (Phi) is 11.6. The monoisotopic (exact) mass is 624 g/mol. The predicted octanol–water partition coefficient (Wildman–Crippen LogP) is 7.77. The van der Waals surface area contributed by atoms with Gasteiger partial charge in [0.15, 0.2) is 0 Å². The molecule has 0 aromatic heterocycles. The first-order valence-corrected chi connectivity index (χ1v) is 14.0. The van der Waals surface area contributed by atoms with E-state index in [4.69, 9.17) is 9.68 Å². The van der Waals surface area contributed by atoms with E-state index in [2.05, 4.69) is 0 Å². The van der Waals surface area contributed by atoms with Gasteiger partial charge < -0.3 is 9.68 Å². The van der Waals surface area contributed by atoms with E-state index in [0.29, 0.717) is 11.1 Å². The van der Waals surface area contributed by atoms with Crippen LogP contribution in [0.5, 0.6) is 0 Å². The molecule has 0 amide bonds. The highest BCUT2D eigenvalue weighted by Gasteiger charge is 2.32. The van der Waals surface area contributed by atoms with Gasteiger partial charge in [-0.05, 0) is 88.1 Å². The number of carbonyl (C=O) groups is 2. The van der Waals surface area contributed by atoms with Crippen LogP contribution in [-0.2, 0) is 34.9 Å². The van der Waals surface area contributed by atoms with Crippen molar-refractivity contribution < 1.29 is 45.6 Å². The molecule has 12 heteroatoms. The van der Waals surface area contributed by atoms with E-state index in [9.17, 15) is 35.9 Å². The Morgan fingerprint density at radius 3 is 1.27 bits per heavy atom. The molecule has 0 aliphatic rings. The summed E-state index contributed by atoms with van der Waals surface area (Å²) in [4.78, 5) is 36.6. The molecule has 3 rings (SSSR count). The molecule has 3 aromatic carbocycles. The van der Waals surface area contributed by atoms with Gasteiger partial charge in [0.25, 0.3) is 0 Å². The summed E-state index contributed by atoms with van der Waals surface area (Å²) in [5, 5.41) is 2.74. The fraction of sp³-hybridized carbons (Fsp3) is 0.375. The van der Waals surface area contributed by atoms with Gasteiger partial charge in [0.2, 0.25) is 0 Å². The number of nitrogens with zero attached hydrogens (tertiary/aromatic N) is 2. The molecule has 0 aliphatic heterocycles. The van der Waals surface area contributed by atoms with E-state index in [1.165, 1.54) is 46.5 Å². The van der Waals surface area contributed by atoms with Crippen molar-refractivity contribution >= 4 is 11.9 Å². The largest absolute Gasteiger partial charge is 0.416 e. The second-order valence-electron chi connectivity index (χ2n) is 10.3. The fourth-order valence-electron chi connectivity index (χ4n) is 4.63. The lowest BCUT2D eigenvalue weighted by Gasteiger charge is -2.27. The molecule has 44 heavy (non-hydrogen) atoms. The summed E-state index contributed by atoms with van der Waals surface area (Å²) in [7, 11) is 0. The third-order valence-corrected chi connectivity index (χ3v) is 6.93. The van der Waals surface area contributed by atoms with Crippen molar-refractivity contribution in [2.45, 2.75) is 65.0 Å². The van der Waals surface area contributed by atoms with Crippen molar-refractivity contribution in [2.24, 2.45) is 0 Å². The highest BCUT2D eigenvalue weighted by Crippen LogP contribution is 2.31. The van der Waals surface area contributed by atoms with E-state index in [1.807, 2.05) is 0 Å². The molecule has 0 fully saturated rings. The van der Waals surface area contributed by atoms with Crippen molar-refractivity contribution in [3.05, 3.63) is 106 Å². The first-order valence-electron chi connectivity index (χ1n) is 14.0. The van der Waals surface area contributed by atoms with Crippen LogP contribution in [0.3, 0.4) is 0 Å². The zero-order valence-electron chi connectivity index (χ0n) is 24.7. The van der Waals surface area contributed by atoms with Crippen LogP contribution >= 0.6 is 0 Å². The molecule has 6 nitrogen and oxygen atoms in total. The number of hydrogen-bond donors (Lipinski definition) is 0. The lowest BCUT2D eigenvalue weighted by atomic mass is 10.0. The zero-order chi connectivity index (χ0) is 32.7. The normalized spacial score (nSPS) is 13.5. The second kappa shape index (κ2) is 14.7. The minimum absolute atomic E-state index is 0.136. The number of likely N-dealkylation sites (N-methyl/N-ethyl adjacent to an activating group) is 2. The van der Waals surface area contributed by atoms with Crippen molar-refractivity contribution in [1.29, 1.82) is 0 Å². The van der Waals surface area contributed by atoms with Crippen LogP contribution in [0.4, 0.5) is 26.3 Å². The van der Waals surface area contributed by atoms with E-state index in [0.717, 1.165) is 24.3 Å². The van der Waals surface area contributed by atoms with Gasteiger partial charge in [-0.15, -0.1) is 10.1 Å². The lowest BCUT2D eigenvalue weighted by molar-refractivity contribution is -0.138. The highest BCUT2D eigenvalue weighted by molar-refractivity contribution is 5.93. The number of benzene rings is 3. The van der Waals surface area contributed by atoms with Crippen LogP contribution in [0, 0.1) is 0 Å². The van der Waals surface area contributed by atoms with Crippen LogP contribution in [0.2, 0.25) is 0 Å². The van der Waals surface area contributed by atoms with Crippen LogP contribution in [0.25, 0.3) is 0 Å². The van der Waals surface area contributed by atoms with E-state index < -0.39 is 47.5 Å². The van der Waals surface area contributed by atoms with Gasteiger partial charge in [-0.2, -0.15) is 26.3 Å². The maximum absolute atomic E-state index is 13.1.